The van der Waals surface area contributed by atoms with Gasteiger partial charge in [-0.25, -0.2) is 8.42 Å². The largest absolute Gasteiger partial charge is 0.324 e. The topological polar surface area (TPSA) is 70.9 Å². The average molecular weight is 431 g/mol. The number of quaternary nitrogens is 1. The van der Waals surface area contributed by atoms with Gasteiger partial charge in [-0.3, -0.25) is 4.79 Å². The molecule has 0 aliphatic carbocycles. The maximum atomic E-state index is 12.9. The molecule has 3 rings (SSSR count). The summed E-state index contributed by atoms with van der Waals surface area (Å²) in [6.45, 7) is 5.22. The van der Waals surface area contributed by atoms with E-state index in [9.17, 15) is 13.2 Å². The highest BCUT2D eigenvalue weighted by Gasteiger charge is 2.25. The Morgan fingerprint density at radius 1 is 0.967 bits per heavy atom. The van der Waals surface area contributed by atoms with Crippen LogP contribution in [0.4, 0.5) is 5.69 Å². The van der Waals surface area contributed by atoms with E-state index >= 15 is 0 Å². The predicted octanol–water partition coefficient (Wildman–Crippen LogP) is 2.29. The van der Waals surface area contributed by atoms with Crippen molar-refractivity contribution in [2.24, 2.45) is 0 Å². The minimum Gasteiger partial charge on any atom is -0.324 e. The van der Waals surface area contributed by atoms with Gasteiger partial charge >= 0.3 is 0 Å². The van der Waals surface area contributed by atoms with Gasteiger partial charge in [-0.05, 0) is 44.0 Å². The van der Waals surface area contributed by atoms with E-state index in [1.54, 1.807) is 28.6 Å². The van der Waals surface area contributed by atoms with E-state index in [4.69, 9.17) is 0 Å². The number of hydrogen-bond acceptors (Lipinski definition) is 3. The lowest BCUT2D eigenvalue weighted by molar-refractivity contribution is -0.903. The first-order chi connectivity index (χ1) is 14.5. The Labute approximate surface area is 179 Å². The van der Waals surface area contributed by atoms with Gasteiger partial charge in [-0.15, -0.1) is 0 Å². The zero-order valence-corrected chi connectivity index (χ0v) is 18.5. The van der Waals surface area contributed by atoms with Crippen molar-refractivity contribution >= 4 is 21.6 Å². The van der Waals surface area contributed by atoms with Crippen molar-refractivity contribution in [2.75, 3.05) is 31.5 Å². The summed E-state index contributed by atoms with van der Waals surface area (Å²) in [4.78, 5) is 13.9. The molecule has 162 valence electrons. The van der Waals surface area contributed by atoms with Crippen LogP contribution in [0.25, 0.3) is 0 Å². The van der Waals surface area contributed by atoms with Crippen LogP contribution in [-0.4, -0.2) is 44.8 Å². The molecular formula is C23H32N3O3S+. The molecule has 0 spiro atoms. The van der Waals surface area contributed by atoms with Gasteiger partial charge in [-0.1, -0.05) is 43.2 Å². The van der Waals surface area contributed by atoms with E-state index in [0.717, 1.165) is 38.8 Å². The molecule has 0 bridgehead atoms. The average Bonchev–Trinajstić information content (AvgIpc) is 3.04. The van der Waals surface area contributed by atoms with Crippen molar-refractivity contribution in [1.82, 2.24) is 4.31 Å². The highest BCUT2D eigenvalue weighted by molar-refractivity contribution is 7.89. The molecule has 30 heavy (non-hydrogen) atoms. The Balaban J connectivity index is 1.58. The summed E-state index contributed by atoms with van der Waals surface area (Å²) in [7, 11) is -3.47. The minimum atomic E-state index is -3.47. The number of likely N-dealkylation sites (N-methyl/N-ethyl adjacent to an activating group) is 1. The van der Waals surface area contributed by atoms with Gasteiger partial charge in [0.15, 0.2) is 6.54 Å². The summed E-state index contributed by atoms with van der Waals surface area (Å²) in [5, 5.41) is 2.89. The molecule has 0 radical (unpaired) electrons. The van der Waals surface area contributed by atoms with E-state index in [1.165, 1.54) is 10.5 Å². The highest BCUT2D eigenvalue weighted by Crippen LogP contribution is 2.21. The summed E-state index contributed by atoms with van der Waals surface area (Å²) in [5.74, 6) is -0.0779. The fraction of sp³-hybridized carbons (Fsp3) is 0.435. The maximum absolute atomic E-state index is 12.9. The second-order valence-electron chi connectivity index (χ2n) is 7.83. The molecule has 2 N–H and O–H groups in total. The molecule has 6 nitrogen and oxygen atoms in total. The first-order valence-electron chi connectivity index (χ1n) is 10.8. The lowest BCUT2D eigenvalue weighted by atomic mass is 10.2. The van der Waals surface area contributed by atoms with Crippen LogP contribution < -0.4 is 10.2 Å². The van der Waals surface area contributed by atoms with Crippen LogP contribution >= 0.6 is 0 Å². The molecular weight excluding hydrogens is 398 g/mol. The molecule has 1 saturated heterocycles. The van der Waals surface area contributed by atoms with Crippen LogP contribution in [0.15, 0.2) is 59.5 Å². The molecule has 2 aromatic rings. The Morgan fingerprint density at radius 2 is 1.60 bits per heavy atom. The monoisotopic (exact) mass is 430 g/mol. The zero-order valence-electron chi connectivity index (χ0n) is 17.6. The van der Waals surface area contributed by atoms with Crippen molar-refractivity contribution in [3.63, 3.8) is 0 Å². The molecule has 0 aromatic heterocycles. The Hall–Kier alpha value is -2.22. The molecule has 1 amide bonds. The Kier molecular flexibility index (Phi) is 8.01. The minimum absolute atomic E-state index is 0.0779. The fourth-order valence-corrected chi connectivity index (χ4v) is 5.29. The second-order valence-corrected chi connectivity index (χ2v) is 9.77. The van der Waals surface area contributed by atoms with Gasteiger partial charge in [0.1, 0.15) is 6.54 Å². The number of rotatable bonds is 8. The highest BCUT2D eigenvalue weighted by atomic mass is 32.2. The molecule has 0 saturated carbocycles. The quantitative estimate of drug-likeness (QED) is 0.675. The third kappa shape index (κ3) is 6.14. The predicted molar refractivity (Wildman–Crippen MR) is 119 cm³/mol. The number of carbonyl (C=O) groups excluding carboxylic acids is 1. The van der Waals surface area contributed by atoms with Crippen LogP contribution in [0.1, 0.15) is 38.2 Å². The van der Waals surface area contributed by atoms with Crippen molar-refractivity contribution in [1.29, 1.82) is 0 Å². The lowest BCUT2D eigenvalue weighted by Gasteiger charge is -2.20. The number of hydrogen-bond donors (Lipinski definition) is 2. The number of benzene rings is 2. The molecule has 1 heterocycles. The van der Waals surface area contributed by atoms with Crippen molar-refractivity contribution in [2.45, 2.75) is 44.0 Å². The van der Waals surface area contributed by atoms with E-state index in [2.05, 4.69) is 24.4 Å². The fourth-order valence-electron chi connectivity index (χ4n) is 3.77. The van der Waals surface area contributed by atoms with E-state index in [1.807, 2.05) is 18.2 Å². The molecule has 1 aliphatic rings. The number of carbonyl (C=O) groups is 1. The summed E-state index contributed by atoms with van der Waals surface area (Å²) in [6, 6.07) is 16.6. The van der Waals surface area contributed by atoms with Crippen molar-refractivity contribution < 1.29 is 18.1 Å². The summed E-state index contributed by atoms with van der Waals surface area (Å²) >= 11 is 0. The molecule has 1 aliphatic heterocycles. The summed E-state index contributed by atoms with van der Waals surface area (Å²) in [5.41, 5.74) is 1.82. The normalized spacial score (nSPS) is 16.6. The van der Waals surface area contributed by atoms with Gasteiger partial charge in [0.2, 0.25) is 10.0 Å². The number of nitrogens with zero attached hydrogens (tertiary/aromatic N) is 1. The van der Waals surface area contributed by atoms with E-state index in [-0.39, 0.29) is 10.8 Å². The van der Waals surface area contributed by atoms with E-state index < -0.39 is 10.0 Å². The lowest BCUT2D eigenvalue weighted by Crippen LogP contribution is -3.11. The number of nitrogens with one attached hydrogen (secondary N) is 2. The summed E-state index contributed by atoms with van der Waals surface area (Å²) in [6.07, 6.45) is 3.98. The third-order valence-electron chi connectivity index (χ3n) is 5.55. The Bertz CT molecular complexity index is 906. The maximum Gasteiger partial charge on any atom is 0.279 e. The second kappa shape index (κ2) is 10.7. The molecule has 1 unspecified atom stereocenters. The number of anilines is 1. The third-order valence-corrected chi connectivity index (χ3v) is 7.46. The van der Waals surface area contributed by atoms with Crippen molar-refractivity contribution in [3.05, 3.63) is 60.2 Å². The van der Waals surface area contributed by atoms with Crippen LogP contribution in [0.2, 0.25) is 0 Å². The van der Waals surface area contributed by atoms with Gasteiger partial charge in [0, 0.05) is 24.3 Å². The smallest absolute Gasteiger partial charge is 0.279 e. The first-order valence-corrected chi connectivity index (χ1v) is 12.2. The zero-order chi connectivity index (χ0) is 21.4. The molecule has 1 fully saturated rings. The van der Waals surface area contributed by atoms with Gasteiger partial charge in [0.25, 0.3) is 5.91 Å². The first kappa shape index (κ1) is 22.5. The van der Waals surface area contributed by atoms with Crippen LogP contribution in [0.3, 0.4) is 0 Å². The van der Waals surface area contributed by atoms with Crippen molar-refractivity contribution in [3.8, 4) is 0 Å². The summed E-state index contributed by atoms with van der Waals surface area (Å²) < 4.78 is 27.3. The Morgan fingerprint density at radius 3 is 2.20 bits per heavy atom. The van der Waals surface area contributed by atoms with Crippen LogP contribution in [-0.2, 0) is 21.4 Å². The SMILES string of the molecule is CC[NH+](CC(=O)Nc1ccc(S(=O)(=O)N2CCCCCC2)cc1)Cc1ccccc1. The standard InChI is InChI=1S/C23H31N3O3S/c1-2-25(18-20-10-6-5-7-11-20)19-23(27)24-21-12-14-22(15-13-21)30(28,29)26-16-8-3-4-9-17-26/h5-7,10-15H,2-4,8-9,16-19H2,1H3,(H,24,27)/p+1. The van der Waals surface area contributed by atoms with Gasteiger partial charge in [-0.2, -0.15) is 4.31 Å². The van der Waals surface area contributed by atoms with E-state index in [0.29, 0.717) is 25.3 Å². The number of amides is 1. The number of sulfonamides is 1. The van der Waals surface area contributed by atoms with Crippen LogP contribution in [0, 0.1) is 0 Å². The van der Waals surface area contributed by atoms with Crippen LogP contribution in [0.5, 0.6) is 0 Å². The van der Waals surface area contributed by atoms with Gasteiger partial charge in [0.05, 0.1) is 11.4 Å². The molecule has 7 heteroatoms. The van der Waals surface area contributed by atoms with Gasteiger partial charge < -0.3 is 10.2 Å². The molecule has 1 atom stereocenters. The molecule has 2 aromatic carbocycles.